The first kappa shape index (κ1) is 30.4. The molecule has 46 heavy (non-hydrogen) atoms. The van der Waals surface area contributed by atoms with Gasteiger partial charge in [0.05, 0.1) is 5.25 Å². The van der Waals surface area contributed by atoms with E-state index in [1.807, 2.05) is 110 Å². The van der Waals surface area contributed by atoms with Crippen molar-refractivity contribution in [2.75, 3.05) is 10.6 Å². The van der Waals surface area contributed by atoms with Gasteiger partial charge >= 0.3 is 0 Å². The second-order valence-corrected chi connectivity index (χ2v) is 12.1. The summed E-state index contributed by atoms with van der Waals surface area (Å²) in [5.41, 5.74) is 2.70. The summed E-state index contributed by atoms with van der Waals surface area (Å²) in [6.45, 7) is 1.86. The van der Waals surface area contributed by atoms with E-state index >= 15 is 0 Å². The van der Waals surface area contributed by atoms with Crippen LogP contribution in [0.5, 0.6) is 0 Å². The molecule has 0 radical (unpaired) electrons. The number of rotatable bonds is 9. The molecule has 0 aliphatic rings. The van der Waals surface area contributed by atoms with E-state index in [0.717, 1.165) is 37.7 Å². The predicted octanol–water partition coefficient (Wildman–Crippen LogP) is 8.52. The van der Waals surface area contributed by atoms with Gasteiger partial charge in [-0.2, -0.15) is 0 Å². The smallest absolute Gasteiger partial charge is 0.272 e. The van der Waals surface area contributed by atoms with Gasteiger partial charge in [0.1, 0.15) is 5.70 Å². The topological polar surface area (TPSA) is 87.3 Å². The van der Waals surface area contributed by atoms with E-state index in [9.17, 15) is 14.4 Å². The molecule has 1 atom stereocenters. The second kappa shape index (κ2) is 14.0. The molecule has 0 spiro atoms. The normalized spacial score (nSPS) is 12.0. The van der Waals surface area contributed by atoms with Gasteiger partial charge in [0, 0.05) is 27.2 Å². The molecule has 3 N–H and O–H groups in total. The number of hydrogen-bond acceptors (Lipinski definition) is 4. The number of amides is 3. The molecule has 0 heterocycles. The predicted molar refractivity (Wildman–Crippen MR) is 189 cm³/mol. The van der Waals surface area contributed by atoms with Crippen LogP contribution >= 0.6 is 11.8 Å². The molecule has 0 aliphatic carbocycles. The molecule has 0 fully saturated rings. The molecule has 6 aromatic rings. The molecule has 0 saturated carbocycles. The molecule has 6 nitrogen and oxygen atoms in total. The number of hydrogen-bond donors (Lipinski definition) is 3. The van der Waals surface area contributed by atoms with Crippen molar-refractivity contribution in [3.8, 4) is 0 Å². The maximum absolute atomic E-state index is 13.6. The number of benzene rings is 6. The van der Waals surface area contributed by atoms with Gasteiger partial charge in [-0.25, -0.2) is 0 Å². The van der Waals surface area contributed by atoms with Gasteiger partial charge in [0.25, 0.3) is 11.8 Å². The molecule has 0 aliphatic heterocycles. The van der Waals surface area contributed by atoms with E-state index < -0.39 is 5.91 Å². The second-order valence-electron chi connectivity index (χ2n) is 10.7. The average Bonchev–Trinajstić information content (AvgIpc) is 3.09. The minimum Gasteiger partial charge on any atom is -0.325 e. The lowest BCUT2D eigenvalue weighted by molar-refractivity contribution is -0.115. The fourth-order valence-corrected chi connectivity index (χ4v) is 5.98. The SMILES string of the molecule is CC(Sc1ccc(NC(=O)/C(=C/c2cccc3ccccc23)NC(=O)c2ccccc2)cc1)C(=O)Nc1cccc2ccccc12. The average molecular weight is 622 g/mol. The number of thioether (sulfide) groups is 1. The van der Waals surface area contributed by atoms with Gasteiger partial charge in [0.2, 0.25) is 5.91 Å². The van der Waals surface area contributed by atoms with Crippen LogP contribution in [-0.4, -0.2) is 23.0 Å². The first-order valence-corrected chi connectivity index (χ1v) is 15.8. The number of fused-ring (bicyclic) bond motifs is 2. The van der Waals surface area contributed by atoms with Crippen LogP contribution in [0.25, 0.3) is 27.6 Å². The zero-order chi connectivity index (χ0) is 31.9. The Morgan fingerprint density at radius 1 is 0.630 bits per heavy atom. The molecular formula is C39H31N3O3S. The van der Waals surface area contributed by atoms with Crippen molar-refractivity contribution in [3.63, 3.8) is 0 Å². The lowest BCUT2D eigenvalue weighted by Crippen LogP contribution is -2.30. The Hall–Kier alpha value is -5.66. The van der Waals surface area contributed by atoms with Crippen LogP contribution in [0.2, 0.25) is 0 Å². The van der Waals surface area contributed by atoms with Crippen molar-refractivity contribution in [1.29, 1.82) is 0 Å². The van der Waals surface area contributed by atoms with Gasteiger partial charge in [0.15, 0.2) is 0 Å². The van der Waals surface area contributed by atoms with Gasteiger partial charge < -0.3 is 16.0 Å². The lowest BCUT2D eigenvalue weighted by Gasteiger charge is -2.14. The van der Waals surface area contributed by atoms with E-state index in [1.165, 1.54) is 11.8 Å². The summed E-state index contributed by atoms with van der Waals surface area (Å²) in [4.78, 5) is 40.6. The van der Waals surface area contributed by atoms with E-state index in [2.05, 4.69) is 16.0 Å². The quantitative estimate of drug-likeness (QED) is 0.112. The molecule has 6 rings (SSSR count). The zero-order valence-corrected chi connectivity index (χ0v) is 25.9. The van der Waals surface area contributed by atoms with Crippen molar-refractivity contribution in [3.05, 3.63) is 156 Å². The molecule has 6 aromatic carbocycles. The largest absolute Gasteiger partial charge is 0.325 e. The van der Waals surface area contributed by atoms with Crippen molar-refractivity contribution in [1.82, 2.24) is 5.32 Å². The first-order valence-electron chi connectivity index (χ1n) is 14.9. The Morgan fingerprint density at radius 2 is 1.24 bits per heavy atom. The van der Waals surface area contributed by atoms with E-state index in [4.69, 9.17) is 0 Å². The summed E-state index contributed by atoms with van der Waals surface area (Å²) in [5, 5.41) is 12.5. The van der Waals surface area contributed by atoms with Crippen LogP contribution < -0.4 is 16.0 Å². The highest BCUT2D eigenvalue weighted by atomic mass is 32.2. The third-order valence-corrected chi connectivity index (χ3v) is 8.61. The van der Waals surface area contributed by atoms with Crippen LogP contribution in [-0.2, 0) is 9.59 Å². The number of anilines is 2. The van der Waals surface area contributed by atoms with Gasteiger partial charge in [-0.3, -0.25) is 14.4 Å². The Labute approximate surface area is 271 Å². The molecule has 0 saturated heterocycles. The molecular weight excluding hydrogens is 591 g/mol. The highest BCUT2D eigenvalue weighted by Crippen LogP contribution is 2.28. The fourth-order valence-electron chi connectivity index (χ4n) is 5.12. The summed E-state index contributed by atoms with van der Waals surface area (Å²) in [6.07, 6.45) is 1.69. The van der Waals surface area contributed by atoms with Crippen molar-refractivity contribution >= 4 is 68.5 Å². The summed E-state index contributed by atoms with van der Waals surface area (Å²) < 4.78 is 0. The monoisotopic (exact) mass is 621 g/mol. The van der Waals surface area contributed by atoms with Crippen LogP contribution in [0.15, 0.2) is 150 Å². The highest BCUT2D eigenvalue weighted by molar-refractivity contribution is 8.00. The molecule has 1 unspecified atom stereocenters. The Kier molecular flexibility index (Phi) is 9.22. The molecule has 3 amide bonds. The Balaban J connectivity index is 1.16. The number of carbonyl (C=O) groups is 3. The fraction of sp³-hybridized carbons (Fsp3) is 0.0513. The summed E-state index contributed by atoms with van der Waals surface area (Å²) >= 11 is 1.43. The first-order chi connectivity index (χ1) is 22.4. The minimum absolute atomic E-state index is 0.101. The number of carbonyl (C=O) groups excluding carboxylic acids is 3. The third kappa shape index (κ3) is 7.17. The summed E-state index contributed by atoms with van der Waals surface area (Å²) in [6, 6.07) is 43.6. The standard InChI is InChI=1S/C39H31N3O3S/c1-26(37(43)41-35-20-10-16-28-12-6-8-19-34(28)35)46-32-23-21-31(22-24-32)40-39(45)36(42-38(44)29-13-3-2-4-14-29)25-30-17-9-15-27-11-5-7-18-33(27)30/h2-26H,1H3,(H,40,45)(H,41,43)(H,42,44)/b36-25-. The van der Waals surface area contributed by atoms with E-state index in [1.54, 1.807) is 42.5 Å². The van der Waals surface area contributed by atoms with Crippen molar-refractivity contribution in [2.24, 2.45) is 0 Å². The molecule has 0 bridgehead atoms. The molecule has 0 aromatic heterocycles. The van der Waals surface area contributed by atoms with Gasteiger partial charge in [-0.1, -0.05) is 97.1 Å². The van der Waals surface area contributed by atoms with Crippen LogP contribution in [0.4, 0.5) is 11.4 Å². The Bertz CT molecular complexity index is 2060. The van der Waals surface area contributed by atoms with Gasteiger partial charge in [-0.05, 0) is 77.2 Å². The summed E-state index contributed by atoms with van der Waals surface area (Å²) in [5.74, 6) is -0.943. The summed E-state index contributed by atoms with van der Waals surface area (Å²) in [7, 11) is 0. The van der Waals surface area contributed by atoms with Crippen LogP contribution in [0, 0.1) is 0 Å². The lowest BCUT2D eigenvalue weighted by atomic mass is 10.0. The molecule has 226 valence electrons. The van der Waals surface area contributed by atoms with Gasteiger partial charge in [-0.15, -0.1) is 11.8 Å². The zero-order valence-electron chi connectivity index (χ0n) is 25.1. The number of nitrogens with one attached hydrogen (secondary N) is 3. The Morgan fingerprint density at radius 3 is 1.98 bits per heavy atom. The third-order valence-electron chi connectivity index (χ3n) is 7.49. The van der Waals surface area contributed by atoms with Crippen molar-refractivity contribution < 1.29 is 14.4 Å². The van der Waals surface area contributed by atoms with Crippen molar-refractivity contribution in [2.45, 2.75) is 17.1 Å². The molecule has 7 heteroatoms. The highest BCUT2D eigenvalue weighted by Gasteiger charge is 2.18. The van der Waals surface area contributed by atoms with E-state index in [0.29, 0.717) is 11.3 Å². The maximum atomic E-state index is 13.6. The van der Waals surface area contributed by atoms with Crippen LogP contribution in [0.3, 0.4) is 0 Å². The van der Waals surface area contributed by atoms with E-state index in [-0.39, 0.29) is 22.8 Å². The minimum atomic E-state index is -0.458. The maximum Gasteiger partial charge on any atom is 0.272 e. The van der Waals surface area contributed by atoms with Crippen LogP contribution in [0.1, 0.15) is 22.8 Å².